The molecular formula is C28H31NO6S2. The molecule has 0 bridgehead atoms. The zero-order chi connectivity index (χ0) is 26.2. The van der Waals surface area contributed by atoms with Crippen molar-refractivity contribution in [2.24, 2.45) is 0 Å². The Morgan fingerprint density at radius 3 is 2.68 bits per heavy atom. The molecule has 37 heavy (non-hydrogen) atoms. The van der Waals surface area contributed by atoms with Gasteiger partial charge in [0.1, 0.15) is 25.0 Å². The number of esters is 1. The Labute approximate surface area is 225 Å². The van der Waals surface area contributed by atoms with Gasteiger partial charge in [-0.15, -0.1) is 11.3 Å². The second-order valence-electron chi connectivity index (χ2n) is 8.79. The highest BCUT2D eigenvalue weighted by molar-refractivity contribution is 7.98. The van der Waals surface area contributed by atoms with Gasteiger partial charge >= 0.3 is 5.97 Å². The van der Waals surface area contributed by atoms with E-state index in [9.17, 15) is 9.59 Å². The van der Waals surface area contributed by atoms with Crippen LogP contribution >= 0.6 is 23.1 Å². The third kappa shape index (κ3) is 7.20. The van der Waals surface area contributed by atoms with E-state index in [-0.39, 0.29) is 18.1 Å². The summed E-state index contributed by atoms with van der Waals surface area (Å²) in [4.78, 5) is 26.9. The summed E-state index contributed by atoms with van der Waals surface area (Å²) in [6, 6.07) is 16.0. The highest BCUT2D eigenvalue weighted by Crippen LogP contribution is 2.33. The summed E-state index contributed by atoms with van der Waals surface area (Å²) in [5.41, 5.74) is 1.20. The monoisotopic (exact) mass is 541 g/mol. The summed E-state index contributed by atoms with van der Waals surface area (Å²) in [7, 11) is 0. The largest absolute Gasteiger partial charge is 0.490 e. The second-order valence-corrected chi connectivity index (χ2v) is 10.7. The molecule has 0 aliphatic carbocycles. The fraction of sp³-hybridized carbons (Fsp3) is 0.357. The van der Waals surface area contributed by atoms with Crippen molar-refractivity contribution in [2.75, 3.05) is 25.2 Å². The third-order valence-corrected chi connectivity index (χ3v) is 7.13. The molecule has 1 aliphatic heterocycles. The van der Waals surface area contributed by atoms with Gasteiger partial charge in [-0.05, 0) is 74.1 Å². The van der Waals surface area contributed by atoms with Crippen LogP contribution in [-0.2, 0) is 9.53 Å². The lowest BCUT2D eigenvalue weighted by atomic mass is 10.0. The highest BCUT2D eigenvalue weighted by atomic mass is 32.2. The molecule has 196 valence electrons. The number of para-hydroxylation sites is 2. The van der Waals surface area contributed by atoms with E-state index in [2.05, 4.69) is 5.32 Å². The predicted molar refractivity (Wildman–Crippen MR) is 147 cm³/mol. The molecule has 1 N–H and O–H groups in total. The van der Waals surface area contributed by atoms with Crippen LogP contribution in [0.2, 0.25) is 0 Å². The van der Waals surface area contributed by atoms with Gasteiger partial charge in [-0.1, -0.05) is 18.2 Å². The van der Waals surface area contributed by atoms with Gasteiger partial charge < -0.3 is 24.3 Å². The maximum Gasteiger partial charge on any atom is 0.328 e. The van der Waals surface area contributed by atoms with Crippen molar-refractivity contribution in [2.45, 2.75) is 38.5 Å². The van der Waals surface area contributed by atoms with E-state index in [1.807, 2.05) is 54.1 Å². The summed E-state index contributed by atoms with van der Waals surface area (Å²) in [6.45, 7) is 4.27. The lowest BCUT2D eigenvalue weighted by Gasteiger charge is -2.26. The summed E-state index contributed by atoms with van der Waals surface area (Å²) in [5.74, 6) is 2.00. The fourth-order valence-corrected chi connectivity index (χ4v) is 5.04. The Morgan fingerprint density at radius 2 is 1.95 bits per heavy atom. The second kappa shape index (κ2) is 12.9. The van der Waals surface area contributed by atoms with Crippen LogP contribution in [0.3, 0.4) is 0 Å². The Bertz CT molecular complexity index is 1200. The zero-order valence-corrected chi connectivity index (χ0v) is 22.7. The van der Waals surface area contributed by atoms with Gasteiger partial charge in [0.05, 0.1) is 6.10 Å². The Hall–Kier alpha value is -3.17. The van der Waals surface area contributed by atoms with E-state index in [4.69, 9.17) is 18.9 Å². The number of carbonyl (C=O) groups excluding carboxylic acids is 2. The molecule has 0 saturated carbocycles. The van der Waals surface area contributed by atoms with Crippen LogP contribution in [0.25, 0.3) is 10.4 Å². The number of benzene rings is 2. The molecule has 0 radical (unpaired) electrons. The minimum atomic E-state index is -0.721. The third-order valence-electron chi connectivity index (χ3n) is 5.58. The van der Waals surface area contributed by atoms with Gasteiger partial charge in [-0.3, -0.25) is 4.79 Å². The van der Waals surface area contributed by atoms with Crippen LogP contribution in [0.15, 0.2) is 60.0 Å². The summed E-state index contributed by atoms with van der Waals surface area (Å²) < 4.78 is 23.2. The van der Waals surface area contributed by atoms with Gasteiger partial charge in [0.15, 0.2) is 17.6 Å². The molecule has 7 nitrogen and oxygen atoms in total. The molecule has 2 atom stereocenters. The topological polar surface area (TPSA) is 83.1 Å². The van der Waals surface area contributed by atoms with Crippen LogP contribution in [0.5, 0.6) is 17.2 Å². The van der Waals surface area contributed by atoms with E-state index in [1.54, 1.807) is 37.7 Å². The van der Waals surface area contributed by atoms with Crippen molar-refractivity contribution in [1.29, 1.82) is 0 Å². The minimum Gasteiger partial charge on any atom is -0.490 e. The first kappa shape index (κ1) is 26.9. The zero-order valence-electron chi connectivity index (χ0n) is 21.1. The molecule has 3 aromatic rings. The lowest BCUT2D eigenvalue weighted by Crippen LogP contribution is -2.43. The molecule has 1 unspecified atom stereocenters. The number of thiophene rings is 1. The Balaban J connectivity index is 1.49. The van der Waals surface area contributed by atoms with Crippen LogP contribution in [0, 0.1) is 0 Å². The average Bonchev–Trinajstić information content (AvgIpc) is 3.44. The molecule has 0 spiro atoms. The van der Waals surface area contributed by atoms with Crippen molar-refractivity contribution >= 4 is 35.0 Å². The van der Waals surface area contributed by atoms with Crippen molar-refractivity contribution in [3.05, 3.63) is 65.5 Å². The molecule has 2 aromatic carbocycles. The molecule has 0 fully saturated rings. The fourth-order valence-electron chi connectivity index (χ4n) is 3.82. The first-order valence-electron chi connectivity index (χ1n) is 12.1. The maximum atomic E-state index is 13.4. The van der Waals surface area contributed by atoms with Gasteiger partial charge in [-0.2, -0.15) is 11.8 Å². The van der Waals surface area contributed by atoms with Gasteiger partial charge in [0.25, 0.3) is 5.91 Å². The number of rotatable bonds is 11. The van der Waals surface area contributed by atoms with Crippen molar-refractivity contribution in [3.63, 3.8) is 0 Å². The number of nitrogens with one attached hydrogen (secondary N) is 1. The smallest absolute Gasteiger partial charge is 0.328 e. The molecule has 1 aromatic heterocycles. The van der Waals surface area contributed by atoms with Crippen molar-refractivity contribution < 1.29 is 28.5 Å². The van der Waals surface area contributed by atoms with Crippen molar-refractivity contribution in [1.82, 2.24) is 5.32 Å². The van der Waals surface area contributed by atoms with Crippen LogP contribution in [0.4, 0.5) is 0 Å². The maximum absolute atomic E-state index is 13.4. The quantitative estimate of drug-likeness (QED) is 0.324. The Morgan fingerprint density at radius 1 is 1.14 bits per heavy atom. The number of amides is 1. The summed E-state index contributed by atoms with van der Waals surface area (Å²) in [6.07, 6.45) is 1.93. The Kier molecular flexibility index (Phi) is 9.35. The van der Waals surface area contributed by atoms with E-state index < -0.39 is 12.0 Å². The number of hydrogen-bond donors (Lipinski definition) is 1. The number of hydrogen-bond acceptors (Lipinski definition) is 8. The molecule has 2 heterocycles. The normalized spacial score (nSPS) is 15.2. The van der Waals surface area contributed by atoms with E-state index in [0.29, 0.717) is 36.7 Å². The number of ether oxygens (including phenoxy) is 4. The van der Waals surface area contributed by atoms with Crippen LogP contribution in [-0.4, -0.2) is 55.3 Å². The predicted octanol–water partition coefficient (Wildman–Crippen LogP) is 5.44. The van der Waals surface area contributed by atoms with Gasteiger partial charge in [-0.25, -0.2) is 4.79 Å². The molecular weight excluding hydrogens is 510 g/mol. The minimum absolute atomic E-state index is 0.257. The molecule has 1 amide bonds. The standard InChI is InChI=1S/C28H31NO6S2/c1-18(2)34-28(31)23(12-14-36-3)29-27(30)21-11-10-19(15-22(21)26-9-6-13-37-26)32-16-20-17-33-24-7-4-5-8-25(24)35-20/h4-11,13,15,18,20,23H,12,14,16-17H2,1-3H3,(H,29,30)/t20?,23-/m0/s1. The summed E-state index contributed by atoms with van der Waals surface area (Å²) >= 11 is 3.14. The highest BCUT2D eigenvalue weighted by Gasteiger charge is 2.26. The van der Waals surface area contributed by atoms with E-state index in [0.717, 1.165) is 21.9 Å². The van der Waals surface area contributed by atoms with E-state index >= 15 is 0 Å². The number of thioether (sulfide) groups is 1. The SMILES string of the molecule is CSCC[C@H](NC(=O)c1ccc(OCC2COc3ccccc3O2)cc1-c1cccs1)C(=O)OC(C)C. The summed E-state index contributed by atoms with van der Waals surface area (Å²) in [5, 5.41) is 4.84. The van der Waals surface area contributed by atoms with Gasteiger partial charge in [0, 0.05) is 16.0 Å². The lowest BCUT2D eigenvalue weighted by molar-refractivity contribution is -0.149. The molecule has 0 saturated heterocycles. The molecule has 1 aliphatic rings. The average molecular weight is 542 g/mol. The van der Waals surface area contributed by atoms with E-state index in [1.165, 1.54) is 11.3 Å². The van der Waals surface area contributed by atoms with Crippen molar-refractivity contribution in [3.8, 4) is 27.7 Å². The number of carbonyl (C=O) groups is 2. The van der Waals surface area contributed by atoms with Crippen LogP contribution < -0.4 is 19.5 Å². The number of fused-ring (bicyclic) bond motifs is 1. The molecule has 9 heteroatoms. The first-order valence-corrected chi connectivity index (χ1v) is 14.4. The van der Waals surface area contributed by atoms with Crippen LogP contribution in [0.1, 0.15) is 30.6 Å². The first-order chi connectivity index (χ1) is 17.9. The van der Waals surface area contributed by atoms with Gasteiger partial charge in [0.2, 0.25) is 0 Å². The molecule has 4 rings (SSSR count).